The van der Waals surface area contributed by atoms with Crippen molar-refractivity contribution in [3.63, 3.8) is 0 Å². The summed E-state index contributed by atoms with van der Waals surface area (Å²) in [5.74, 6) is 0.913. The van der Waals surface area contributed by atoms with Gasteiger partial charge >= 0.3 is 6.03 Å². The van der Waals surface area contributed by atoms with Crippen LogP contribution in [-0.2, 0) is 28.5 Å². The Morgan fingerprint density at radius 3 is 1.97 bits per heavy atom. The minimum absolute atomic E-state index is 0.0305. The minimum Gasteiger partial charge on any atom is -0.394 e. The molecular weight excluding hydrogens is 817 g/mol. The molecule has 5 aliphatic rings. The highest BCUT2D eigenvalue weighted by molar-refractivity contribution is 8.00. The Morgan fingerprint density at radius 2 is 1.30 bits per heavy atom. The number of amides is 4. The summed E-state index contributed by atoms with van der Waals surface area (Å²) in [6.45, 7) is 0.159. The van der Waals surface area contributed by atoms with E-state index in [1.54, 1.807) is 0 Å². The summed E-state index contributed by atoms with van der Waals surface area (Å²) in [5.41, 5.74) is 24.8. The second kappa shape index (κ2) is 24.9. The van der Waals surface area contributed by atoms with Crippen LogP contribution in [0.15, 0.2) is 0 Å². The highest BCUT2D eigenvalue weighted by Crippen LogP contribution is 2.34. The number of urea groups is 1. The zero-order chi connectivity index (χ0) is 44.1. The summed E-state index contributed by atoms with van der Waals surface area (Å²) in [6, 6.07) is -3.14. The van der Waals surface area contributed by atoms with Crippen LogP contribution in [0, 0.1) is 0 Å². The van der Waals surface area contributed by atoms with Crippen molar-refractivity contribution in [3.05, 3.63) is 0 Å². The van der Waals surface area contributed by atoms with E-state index in [0.29, 0.717) is 24.6 Å². The van der Waals surface area contributed by atoms with Crippen molar-refractivity contribution in [2.75, 3.05) is 25.4 Å². The molecule has 1 saturated carbocycles. The lowest BCUT2D eigenvalue weighted by molar-refractivity contribution is -0.315. The molecule has 0 spiro atoms. The second-order valence-electron chi connectivity index (χ2n) is 17.5. The number of aliphatic hydroxyl groups excluding tert-OH is 5. The van der Waals surface area contributed by atoms with Crippen molar-refractivity contribution in [2.24, 2.45) is 22.9 Å². The molecule has 17 atom stereocenters. The average molecular weight is 891 g/mol. The summed E-state index contributed by atoms with van der Waals surface area (Å²) in [5, 5.41) is 64.6. The molecule has 352 valence electrons. The maximum absolute atomic E-state index is 12.6. The summed E-state index contributed by atoms with van der Waals surface area (Å²) in [4.78, 5) is 36.4. The van der Waals surface area contributed by atoms with Gasteiger partial charge in [0.2, 0.25) is 11.8 Å². The molecule has 4 amide bonds. The Labute approximate surface area is 363 Å². The minimum atomic E-state index is -1.49. The Kier molecular flexibility index (Phi) is 20.4. The van der Waals surface area contributed by atoms with Gasteiger partial charge in [-0.1, -0.05) is 51.4 Å². The van der Waals surface area contributed by atoms with E-state index in [2.05, 4.69) is 21.3 Å². The molecule has 0 bridgehead atoms. The van der Waals surface area contributed by atoms with Crippen molar-refractivity contribution in [3.8, 4) is 0 Å². The van der Waals surface area contributed by atoms with Crippen molar-refractivity contribution in [1.29, 1.82) is 0 Å². The van der Waals surface area contributed by atoms with Gasteiger partial charge < -0.3 is 88.7 Å². The summed E-state index contributed by atoms with van der Waals surface area (Å²) < 4.78 is 23.5. The molecule has 4 heterocycles. The lowest BCUT2D eigenvalue weighted by Gasteiger charge is -2.47. The van der Waals surface area contributed by atoms with E-state index in [4.69, 9.17) is 41.9 Å². The van der Waals surface area contributed by atoms with E-state index in [9.17, 15) is 39.9 Å². The number of rotatable bonds is 24. The molecule has 6 unspecified atom stereocenters. The predicted octanol–water partition coefficient (Wildman–Crippen LogP) is -2.40. The van der Waals surface area contributed by atoms with Gasteiger partial charge in [-0.05, 0) is 38.5 Å². The molecule has 1 aliphatic carbocycles. The molecule has 4 saturated heterocycles. The molecule has 5 rings (SSSR count). The van der Waals surface area contributed by atoms with E-state index in [-0.39, 0.29) is 49.3 Å². The number of aliphatic hydroxyl groups is 5. The number of nitrogens with two attached hydrogens (primary N) is 4. The molecule has 20 nitrogen and oxygen atoms in total. The van der Waals surface area contributed by atoms with Crippen LogP contribution in [0.5, 0.6) is 0 Å². The fourth-order valence-corrected chi connectivity index (χ4v) is 10.5. The number of unbranched alkanes of at least 4 members (excludes halogenated alkanes) is 9. The van der Waals surface area contributed by atoms with Gasteiger partial charge in [-0.2, -0.15) is 11.8 Å². The Morgan fingerprint density at radius 1 is 0.705 bits per heavy atom. The Bertz CT molecular complexity index is 1360. The molecular formula is C40H74N8O12S. The first-order valence-electron chi connectivity index (χ1n) is 22.5. The van der Waals surface area contributed by atoms with Gasteiger partial charge in [0, 0.05) is 49.0 Å². The van der Waals surface area contributed by atoms with Crippen molar-refractivity contribution < 1.29 is 58.9 Å². The molecule has 0 aromatic carbocycles. The normalized spacial score (nSPS) is 38.7. The number of fused-ring (bicyclic) bond motifs is 1. The number of thioether (sulfide) groups is 1. The third-order valence-corrected chi connectivity index (χ3v) is 14.2. The Balaban J connectivity index is 0.876. The van der Waals surface area contributed by atoms with Crippen molar-refractivity contribution in [1.82, 2.24) is 21.3 Å². The Hall–Kier alpha value is -1.96. The number of carbonyl (C=O) groups is 3. The fourth-order valence-electron chi connectivity index (χ4n) is 8.94. The van der Waals surface area contributed by atoms with Gasteiger partial charge in [-0.25, -0.2) is 4.79 Å². The van der Waals surface area contributed by atoms with Gasteiger partial charge in [-0.15, -0.1) is 0 Å². The van der Waals surface area contributed by atoms with Crippen LogP contribution in [0.25, 0.3) is 0 Å². The SMILES string of the molecule is NC1C[C@H](O)C(CNC(=O)CCCCCCCCCCCNC(=O)CCCC[C@@H]2SC[C@@H]3NC(=O)N[C@@H]32)O[C@@H]1O[C@H]1C(O)C(O[C@H]2OC(CO)[C@@H](O)[C@H](N)C2O)[C@H](N)C[C@H]1N. The van der Waals surface area contributed by atoms with E-state index in [0.717, 1.165) is 82.8 Å². The first-order chi connectivity index (χ1) is 29.3. The van der Waals surface area contributed by atoms with Crippen LogP contribution in [0.1, 0.15) is 103 Å². The van der Waals surface area contributed by atoms with E-state index >= 15 is 0 Å². The standard InChI is InChI=1S/C40H74N8O12S/c41-21-16-22(42)37(60-39-34(54)31(44)33(53)27(19-49)58-39)35(55)36(21)59-38-23(43)17-25(50)26(57-38)18-46-30(52)13-8-6-4-2-1-3-5-7-11-15-45-29(51)14-10-9-12-28-32-24(20-61-28)47-40(56)48-32/h21-28,31-39,49-50,53-55H,1-20,41-44H2,(H,45,51)(H,46,52)(H2,47,48,56)/t21-,22-,23?,24+,25+,26?,27?,28+,31+,32+,33-,34?,35?,36-,37?,38-,39-/m1/s1. The van der Waals surface area contributed by atoms with Gasteiger partial charge in [0.1, 0.15) is 42.7 Å². The summed E-state index contributed by atoms with van der Waals surface area (Å²) in [7, 11) is 0. The summed E-state index contributed by atoms with van der Waals surface area (Å²) in [6.07, 6.45) is 1.36. The number of ether oxygens (including phenoxy) is 4. The molecule has 17 N–H and O–H groups in total. The highest BCUT2D eigenvalue weighted by atomic mass is 32.2. The molecule has 4 aliphatic heterocycles. The van der Waals surface area contributed by atoms with Gasteiger partial charge in [0.25, 0.3) is 0 Å². The molecule has 0 radical (unpaired) electrons. The lowest BCUT2D eigenvalue weighted by atomic mass is 9.84. The number of carbonyl (C=O) groups excluding carboxylic acids is 3. The number of hydrogen-bond acceptors (Lipinski definition) is 17. The molecule has 0 aromatic rings. The van der Waals surface area contributed by atoms with Crippen molar-refractivity contribution in [2.45, 2.75) is 206 Å². The number of nitrogens with one attached hydrogen (secondary N) is 4. The van der Waals surface area contributed by atoms with Gasteiger partial charge in [-0.3, -0.25) is 9.59 Å². The zero-order valence-electron chi connectivity index (χ0n) is 35.3. The van der Waals surface area contributed by atoms with E-state index in [1.807, 2.05) is 11.8 Å². The first-order valence-corrected chi connectivity index (χ1v) is 23.5. The van der Waals surface area contributed by atoms with Crippen LogP contribution in [0.2, 0.25) is 0 Å². The van der Waals surface area contributed by atoms with Gasteiger partial charge in [0.15, 0.2) is 12.6 Å². The van der Waals surface area contributed by atoms with Crippen LogP contribution in [0.4, 0.5) is 4.79 Å². The van der Waals surface area contributed by atoms with Gasteiger partial charge in [0.05, 0.1) is 36.9 Å². The highest BCUT2D eigenvalue weighted by Gasteiger charge is 2.50. The largest absolute Gasteiger partial charge is 0.394 e. The summed E-state index contributed by atoms with van der Waals surface area (Å²) >= 11 is 1.90. The smallest absolute Gasteiger partial charge is 0.315 e. The molecule has 21 heteroatoms. The van der Waals surface area contributed by atoms with Crippen LogP contribution in [0.3, 0.4) is 0 Å². The van der Waals surface area contributed by atoms with E-state index < -0.39 is 92.2 Å². The van der Waals surface area contributed by atoms with E-state index in [1.165, 1.54) is 0 Å². The maximum Gasteiger partial charge on any atom is 0.315 e. The van der Waals surface area contributed by atoms with Crippen molar-refractivity contribution >= 4 is 29.6 Å². The first kappa shape index (κ1) is 50.0. The maximum atomic E-state index is 12.6. The number of hydrogen-bond donors (Lipinski definition) is 13. The van der Waals surface area contributed by atoms with Crippen LogP contribution in [-0.4, -0.2) is 172 Å². The zero-order valence-corrected chi connectivity index (χ0v) is 36.1. The second-order valence-corrected chi connectivity index (χ2v) is 18.8. The van der Waals surface area contributed by atoms with Crippen LogP contribution < -0.4 is 44.2 Å². The average Bonchev–Trinajstić information content (AvgIpc) is 3.79. The lowest BCUT2D eigenvalue weighted by Crippen LogP contribution is -2.68. The fraction of sp³-hybridized carbons (Fsp3) is 0.925. The van der Waals surface area contributed by atoms with Crippen LogP contribution >= 0.6 is 11.8 Å². The monoisotopic (exact) mass is 891 g/mol. The quantitative estimate of drug-likeness (QED) is 0.0355. The third-order valence-electron chi connectivity index (χ3n) is 12.7. The molecule has 0 aromatic heterocycles. The predicted molar refractivity (Wildman–Crippen MR) is 225 cm³/mol. The molecule has 5 fully saturated rings. The topological polar surface area (TPSA) is 341 Å². The third kappa shape index (κ3) is 14.5. The molecule has 61 heavy (non-hydrogen) atoms.